The van der Waals surface area contributed by atoms with Crippen LogP contribution in [0.1, 0.15) is 111 Å². The second-order valence-corrected chi connectivity index (χ2v) is 12.4. The molecule has 1 heterocycles. The van der Waals surface area contributed by atoms with Crippen molar-refractivity contribution in [3.05, 3.63) is 47.0 Å². The number of carboxylic acid groups (broad SMARTS) is 1. The number of hydrogen-bond acceptors (Lipinski definition) is 3. The summed E-state index contributed by atoms with van der Waals surface area (Å²) < 4.78 is 0. The first kappa shape index (κ1) is 23.7. The van der Waals surface area contributed by atoms with Crippen molar-refractivity contribution in [1.82, 2.24) is 9.97 Å². The molecule has 5 saturated carbocycles. The first-order chi connectivity index (χ1) is 17.4. The third-order valence-electron chi connectivity index (χ3n) is 9.61. The maximum Gasteiger partial charge on any atom is 0.307 e. The maximum absolute atomic E-state index is 13.5. The van der Waals surface area contributed by atoms with Gasteiger partial charge in [-0.1, -0.05) is 31.4 Å². The Morgan fingerprint density at radius 3 is 2.39 bits per heavy atom. The van der Waals surface area contributed by atoms with Crippen LogP contribution < -0.4 is 5.32 Å². The van der Waals surface area contributed by atoms with Crippen LogP contribution in [-0.4, -0.2) is 27.0 Å². The molecule has 1 aromatic carbocycles. The van der Waals surface area contributed by atoms with Crippen LogP contribution in [0.2, 0.25) is 0 Å². The number of nitrogens with zero attached hydrogens (tertiary/aromatic N) is 1. The largest absolute Gasteiger partial charge is 0.481 e. The number of nitrogens with one attached hydrogen (secondary N) is 2. The Hall–Kier alpha value is -2.63. The number of aliphatic carboxylic acids is 1. The highest BCUT2D eigenvalue weighted by Gasteiger charge is 2.50. The third kappa shape index (κ3) is 4.96. The van der Waals surface area contributed by atoms with E-state index in [9.17, 15) is 9.59 Å². The zero-order valence-corrected chi connectivity index (χ0v) is 21.2. The Balaban J connectivity index is 1.22. The average molecular weight is 490 g/mol. The number of carbonyl (C=O) groups excluding carboxylic acids is 1. The summed E-state index contributed by atoms with van der Waals surface area (Å²) in [6.07, 6.45) is 16.5. The summed E-state index contributed by atoms with van der Waals surface area (Å²) in [6.45, 7) is 0. The highest BCUT2D eigenvalue weighted by Crippen LogP contribution is 2.61. The van der Waals surface area contributed by atoms with Crippen molar-refractivity contribution < 1.29 is 14.7 Å². The zero-order valence-electron chi connectivity index (χ0n) is 21.2. The standard InChI is InChI=1S/C30H39N3O3/c34-26(35)15-19-5-4-8-24(14-19)31-29(36)27-25(32-28(33-27)23-6-2-1-3-7-23)9-10-30-16-20-11-21(17-30)13-22(12-20)18-30/h4-5,8,14,20-23H,1-3,6-7,9-13,15-18H2,(H,31,36)(H,32,33)(H,34,35). The number of rotatable bonds is 8. The molecule has 3 N–H and O–H groups in total. The van der Waals surface area contributed by atoms with Crippen LogP contribution >= 0.6 is 0 Å². The van der Waals surface area contributed by atoms with Crippen LogP contribution in [0.4, 0.5) is 5.69 Å². The number of H-pyrrole nitrogens is 1. The molecule has 5 aliphatic carbocycles. The Morgan fingerprint density at radius 1 is 1.03 bits per heavy atom. The van der Waals surface area contributed by atoms with Crippen LogP contribution in [0.15, 0.2) is 24.3 Å². The van der Waals surface area contributed by atoms with Gasteiger partial charge in [0.25, 0.3) is 5.91 Å². The third-order valence-corrected chi connectivity index (χ3v) is 9.61. The molecule has 5 aliphatic rings. The zero-order chi connectivity index (χ0) is 24.7. The molecule has 1 amide bonds. The van der Waals surface area contributed by atoms with E-state index in [2.05, 4.69) is 10.3 Å². The molecule has 36 heavy (non-hydrogen) atoms. The van der Waals surface area contributed by atoms with Crippen molar-refractivity contribution in [2.45, 2.75) is 95.8 Å². The molecule has 2 aromatic rings. The number of anilines is 1. The van der Waals surface area contributed by atoms with Crippen LogP contribution in [0, 0.1) is 23.2 Å². The quantitative estimate of drug-likeness (QED) is 0.395. The first-order valence-corrected chi connectivity index (χ1v) is 14.2. The van der Waals surface area contributed by atoms with E-state index >= 15 is 0 Å². The van der Waals surface area contributed by atoms with E-state index in [1.54, 1.807) is 18.2 Å². The normalized spacial score (nSPS) is 29.4. The van der Waals surface area contributed by atoms with E-state index in [1.807, 2.05) is 6.07 Å². The van der Waals surface area contributed by atoms with Gasteiger partial charge in [-0.15, -0.1) is 0 Å². The minimum atomic E-state index is -0.880. The average Bonchev–Trinajstić information content (AvgIpc) is 3.27. The van der Waals surface area contributed by atoms with Gasteiger partial charge in [0.05, 0.1) is 6.42 Å². The number of amides is 1. The molecule has 5 fully saturated rings. The van der Waals surface area contributed by atoms with Crippen molar-refractivity contribution in [3.8, 4) is 0 Å². The Labute approximate surface area is 213 Å². The lowest BCUT2D eigenvalue weighted by atomic mass is 9.48. The number of imidazole rings is 1. The van der Waals surface area contributed by atoms with Crippen LogP contribution in [0.25, 0.3) is 0 Å². The van der Waals surface area contributed by atoms with Gasteiger partial charge in [-0.2, -0.15) is 0 Å². The molecular formula is C30H39N3O3. The van der Waals surface area contributed by atoms with Gasteiger partial charge < -0.3 is 15.4 Å². The molecule has 6 heteroatoms. The number of hydrogen-bond donors (Lipinski definition) is 3. The molecule has 0 spiro atoms. The predicted octanol–water partition coefficient (Wildman–Crippen LogP) is 6.49. The molecule has 1 aromatic heterocycles. The SMILES string of the molecule is O=C(O)Cc1cccc(NC(=O)c2nc(C3CCCCC3)[nH]c2CCC23CC4CC(CC(C4)C2)C3)c1. The number of aromatic amines is 1. The minimum absolute atomic E-state index is 0.0613. The van der Waals surface area contributed by atoms with E-state index in [0.717, 1.165) is 55.0 Å². The molecule has 0 atom stereocenters. The van der Waals surface area contributed by atoms with E-state index in [4.69, 9.17) is 10.1 Å². The van der Waals surface area contributed by atoms with Crippen molar-refractivity contribution in [1.29, 1.82) is 0 Å². The lowest BCUT2D eigenvalue weighted by molar-refractivity contribution is -0.136. The van der Waals surface area contributed by atoms with Gasteiger partial charge in [0.15, 0.2) is 0 Å². The molecule has 192 valence electrons. The maximum atomic E-state index is 13.5. The summed E-state index contributed by atoms with van der Waals surface area (Å²) in [6, 6.07) is 7.12. The Bertz CT molecular complexity index is 1090. The summed E-state index contributed by atoms with van der Waals surface area (Å²) >= 11 is 0. The summed E-state index contributed by atoms with van der Waals surface area (Å²) in [5.41, 5.74) is 3.28. The molecule has 7 rings (SSSR count). The van der Waals surface area contributed by atoms with Gasteiger partial charge >= 0.3 is 5.97 Å². The van der Waals surface area contributed by atoms with Crippen molar-refractivity contribution >= 4 is 17.6 Å². The van der Waals surface area contributed by atoms with Crippen LogP contribution in [0.3, 0.4) is 0 Å². The van der Waals surface area contributed by atoms with Crippen molar-refractivity contribution in [3.63, 3.8) is 0 Å². The number of carbonyl (C=O) groups is 2. The topological polar surface area (TPSA) is 95.1 Å². The lowest BCUT2D eigenvalue weighted by Crippen LogP contribution is -2.46. The summed E-state index contributed by atoms with van der Waals surface area (Å²) in [5, 5.41) is 12.1. The fraction of sp³-hybridized carbons (Fsp3) is 0.633. The van der Waals surface area contributed by atoms with Gasteiger partial charge in [-0.3, -0.25) is 9.59 Å². The lowest BCUT2D eigenvalue weighted by Gasteiger charge is -2.57. The van der Waals surface area contributed by atoms with E-state index in [-0.39, 0.29) is 12.3 Å². The van der Waals surface area contributed by atoms with Crippen LogP contribution in [-0.2, 0) is 17.6 Å². The number of aryl methyl sites for hydroxylation is 1. The molecule has 0 aliphatic heterocycles. The van der Waals surface area contributed by atoms with Crippen molar-refractivity contribution in [2.24, 2.45) is 23.2 Å². The van der Waals surface area contributed by atoms with E-state index in [0.29, 0.717) is 28.3 Å². The Morgan fingerprint density at radius 2 is 1.72 bits per heavy atom. The van der Waals surface area contributed by atoms with Gasteiger partial charge in [0.2, 0.25) is 0 Å². The molecule has 0 saturated heterocycles. The predicted molar refractivity (Wildman–Crippen MR) is 139 cm³/mol. The number of benzene rings is 1. The highest BCUT2D eigenvalue weighted by molar-refractivity contribution is 6.03. The van der Waals surface area contributed by atoms with Gasteiger partial charge in [-0.05, 0) is 105 Å². The minimum Gasteiger partial charge on any atom is -0.481 e. The molecule has 0 unspecified atom stereocenters. The van der Waals surface area contributed by atoms with Gasteiger partial charge in [-0.25, -0.2) is 4.98 Å². The fourth-order valence-corrected chi connectivity index (χ4v) is 8.48. The molecule has 0 radical (unpaired) electrons. The number of aromatic nitrogens is 2. The Kier molecular flexibility index (Phi) is 6.38. The smallest absolute Gasteiger partial charge is 0.307 e. The molecular weight excluding hydrogens is 450 g/mol. The molecule has 4 bridgehead atoms. The van der Waals surface area contributed by atoms with E-state index in [1.165, 1.54) is 57.8 Å². The van der Waals surface area contributed by atoms with Crippen molar-refractivity contribution in [2.75, 3.05) is 5.32 Å². The fourth-order valence-electron chi connectivity index (χ4n) is 8.48. The van der Waals surface area contributed by atoms with E-state index < -0.39 is 5.97 Å². The number of carboxylic acids is 1. The second-order valence-electron chi connectivity index (χ2n) is 12.4. The summed E-state index contributed by atoms with van der Waals surface area (Å²) in [5.74, 6) is 3.11. The summed E-state index contributed by atoms with van der Waals surface area (Å²) in [4.78, 5) is 33.1. The van der Waals surface area contributed by atoms with Crippen LogP contribution in [0.5, 0.6) is 0 Å². The summed E-state index contributed by atoms with van der Waals surface area (Å²) in [7, 11) is 0. The second kappa shape index (κ2) is 9.68. The van der Waals surface area contributed by atoms with Gasteiger partial charge in [0, 0.05) is 17.3 Å². The monoisotopic (exact) mass is 489 g/mol. The molecule has 6 nitrogen and oxygen atoms in total. The van der Waals surface area contributed by atoms with Gasteiger partial charge in [0.1, 0.15) is 11.5 Å². The highest BCUT2D eigenvalue weighted by atomic mass is 16.4. The first-order valence-electron chi connectivity index (χ1n) is 14.2.